The Bertz CT molecular complexity index is 1190. The van der Waals surface area contributed by atoms with Crippen molar-refractivity contribution >= 4 is 11.3 Å². The van der Waals surface area contributed by atoms with Crippen molar-refractivity contribution in [2.75, 3.05) is 26.7 Å². The fourth-order valence-electron chi connectivity index (χ4n) is 7.05. The third-order valence-electron chi connectivity index (χ3n) is 9.89. The van der Waals surface area contributed by atoms with Gasteiger partial charge in [-0.25, -0.2) is 4.39 Å². The van der Waals surface area contributed by atoms with Crippen molar-refractivity contribution in [1.82, 2.24) is 4.90 Å². The lowest BCUT2D eigenvalue weighted by molar-refractivity contribution is 0.0108. The molecule has 1 aromatic carbocycles. The van der Waals surface area contributed by atoms with E-state index in [1.165, 1.54) is 47.3 Å². The molecule has 3 rings (SSSR count). The number of aryl methyl sites for hydroxylation is 1. The molecular formula is C38H58FN3. The van der Waals surface area contributed by atoms with Gasteiger partial charge in [-0.3, -0.25) is 9.89 Å². The topological polar surface area (TPSA) is 41.6 Å². The smallest absolute Gasteiger partial charge is 0.123 e. The van der Waals surface area contributed by atoms with Gasteiger partial charge in [-0.1, -0.05) is 65.0 Å². The molecule has 1 atom stereocenters. The van der Waals surface area contributed by atoms with Crippen LogP contribution in [0.5, 0.6) is 0 Å². The number of nitrogens with two attached hydrogens (primary N) is 1. The van der Waals surface area contributed by atoms with Crippen LogP contribution in [0.4, 0.5) is 4.39 Å². The molecule has 1 saturated carbocycles. The molecule has 232 valence electrons. The standard InChI is InChI=1S/C38H58FN3/c1-9-14-30(23-36(31-16-17-31)34(11-3)35-19-18-32(39)22-28(35)5)25-42-26-38(12-4,27-42)24-33(41-8)15-13-21-37(7,20-10-2)29(6)40/h9,14,18-19,22-23,31H,6,10-13,15-17,20-21,24-27,40H2,1-5,7-8H3/b14-9+,30-23+,36-34-,41-33?. The van der Waals surface area contributed by atoms with Crippen LogP contribution in [-0.4, -0.2) is 37.3 Å². The second kappa shape index (κ2) is 15.3. The largest absolute Gasteiger partial charge is 0.402 e. The molecule has 0 amide bonds. The van der Waals surface area contributed by atoms with E-state index in [0.717, 1.165) is 75.8 Å². The Morgan fingerprint density at radius 1 is 1.21 bits per heavy atom. The molecule has 1 heterocycles. The molecule has 3 nitrogen and oxygen atoms in total. The molecule has 2 N–H and O–H groups in total. The summed E-state index contributed by atoms with van der Waals surface area (Å²) in [7, 11) is 1.97. The number of allylic oxidation sites excluding steroid dienone is 5. The van der Waals surface area contributed by atoms with Crippen LogP contribution in [0.1, 0.15) is 110 Å². The number of likely N-dealkylation sites (tertiary alicyclic amines) is 1. The highest BCUT2D eigenvalue weighted by Gasteiger charge is 2.42. The van der Waals surface area contributed by atoms with Crippen molar-refractivity contribution in [1.29, 1.82) is 0 Å². The molecule has 0 spiro atoms. The summed E-state index contributed by atoms with van der Waals surface area (Å²) in [6.45, 7) is 20.5. The summed E-state index contributed by atoms with van der Waals surface area (Å²) < 4.78 is 13.9. The van der Waals surface area contributed by atoms with Gasteiger partial charge >= 0.3 is 0 Å². The molecule has 1 aliphatic carbocycles. The minimum Gasteiger partial charge on any atom is -0.402 e. The summed E-state index contributed by atoms with van der Waals surface area (Å²) in [6.07, 6.45) is 18.1. The Hall–Kier alpha value is -2.46. The summed E-state index contributed by atoms with van der Waals surface area (Å²) in [5.74, 6) is 0.462. The minimum absolute atomic E-state index is 0.0274. The van der Waals surface area contributed by atoms with Gasteiger partial charge in [0.2, 0.25) is 0 Å². The van der Waals surface area contributed by atoms with E-state index < -0.39 is 0 Å². The summed E-state index contributed by atoms with van der Waals surface area (Å²) in [4.78, 5) is 7.37. The number of nitrogens with zero attached hydrogens (tertiary/aromatic N) is 2. The second-order valence-corrected chi connectivity index (χ2v) is 13.4. The number of benzene rings is 1. The maximum atomic E-state index is 13.9. The summed E-state index contributed by atoms with van der Waals surface area (Å²) in [6, 6.07) is 5.25. The number of rotatable bonds is 17. The predicted octanol–water partition coefficient (Wildman–Crippen LogP) is 9.83. The lowest BCUT2D eigenvalue weighted by Gasteiger charge is -2.51. The van der Waals surface area contributed by atoms with Crippen molar-refractivity contribution in [2.45, 2.75) is 106 Å². The molecule has 1 aliphatic heterocycles. The first kappa shape index (κ1) is 34.0. The fraction of sp³-hybridized carbons (Fsp3) is 0.605. The highest BCUT2D eigenvalue weighted by molar-refractivity contribution is 5.85. The lowest BCUT2D eigenvalue weighted by atomic mass is 9.72. The summed E-state index contributed by atoms with van der Waals surface area (Å²) >= 11 is 0. The predicted molar refractivity (Wildman–Crippen MR) is 181 cm³/mol. The lowest BCUT2D eigenvalue weighted by Crippen LogP contribution is -2.57. The van der Waals surface area contributed by atoms with E-state index in [2.05, 4.69) is 64.3 Å². The normalized spacial score (nSPS) is 19.9. The maximum absolute atomic E-state index is 13.9. The van der Waals surface area contributed by atoms with Crippen molar-refractivity contribution < 1.29 is 4.39 Å². The van der Waals surface area contributed by atoms with Gasteiger partial charge in [0.05, 0.1) is 0 Å². The Balaban J connectivity index is 1.70. The summed E-state index contributed by atoms with van der Waals surface area (Å²) in [5, 5.41) is 0. The molecular weight excluding hydrogens is 517 g/mol. The number of hydrogen-bond donors (Lipinski definition) is 1. The van der Waals surface area contributed by atoms with Gasteiger partial charge in [-0.05, 0) is 118 Å². The molecule has 0 radical (unpaired) electrons. The highest BCUT2D eigenvalue weighted by Crippen LogP contribution is 2.44. The first-order valence-corrected chi connectivity index (χ1v) is 16.5. The number of hydrogen-bond acceptors (Lipinski definition) is 3. The van der Waals surface area contributed by atoms with Crippen LogP contribution in [0.25, 0.3) is 5.57 Å². The van der Waals surface area contributed by atoms with Crippen molar-refractivity contribution in [3.05, 3.63) is 76.8 Å². The maximum Gasteiger partial charge on any atom is 0.123 e. The van der Waals surface area contributed by atoms with Gasteiger partial charge in [-0.2, -0.15) is 0 Å². The molecule has 1 aromatic rings. The van der Waals surface area contributed by atoms with Crippen LogP contribution >= 0.6 is 0 Å². The van der Waals surface area contributed by atoms with E-state index in [1.807, 2.05) is 20.0 Å². The zero-order valence-corrected chi connectivity index (χ0v) is 27.8. The Morgan fingerprint density at radius 3 is 2.45 bits per heavy atom. The van der Waals surface area contributed by atoms with E-state index in [4.69, 9.17) is 10.7 Å². The van der Waals surface area contributed by atoms with E-state index >= 15 is 0 Å². The quantitative estimate of drug-likeness (QED) is 0.148. The minimum atomic E-state index is -0.158. The van der Waals surface area contributed by atoms with Crippen molar-refractivity contribution in [2.24, 2.45) is 27.5 Å². The van der Waals surface area contributed by atoms with Crippen LogP contribution in [0.2, 0.25) is 0 Å². The zero-order chi connectivity index (χ0) is 30.9. The van der Waals surface area contributed by atoms with Gasteiger partial charge in [0.1, 0.15) is 5.82 Å². The monoisotopic (exact) mass is 575 g/mol. The Labute approximate surface area is 257 Å². The Kier molecular flexibility index (Phi) is 12.4. The highest BCUT2D eigenvalue weighted by atomic mass is 19.1. The van der Waals surface area contributed by atoms with Crippen LogP contribution in [-0.2, 0) is 0 Å². The van der Waals surface area contributed by atoms with E-state index in [0.29, 0.717) is 11.3 Å². The molecule has 42 heavy (non-hydrogen) atoms. The fourth-order valence-corrected chi connectivity index (χ4v) is 7.05. The van der Waals surface area contributed by atoms with Crippen LogP contribution in [0.15, 0.2) is 64.8 Å². The second-order valence-electron chi connectivity index (χ2n) is 13.4. The van der Waals surface area contributed by atoms with Crippen LogP contribution < -0.4 is 5.73 Å². The first-order chi connectivity index (χ1) is 20.0. The molecule has 4 heteroatoms. The van der Waals surface area contributed by atoms with Gasteiger partial charge in [0.25, 0.3) is 0 Å². The van der Waals surface area contributed by atoms with Crippen LogP contribution in [0, 0.1) is 29.5 Å². The average Bonchev–Trinajstić information content (AvgIpc) is 3.77. The first-order valence-electron chi connectivity index (χ1n) is 16.5. The number of halogens is 1. The van der Waals surface area contributed by atoms with E-state index in [-0.39, 0.29) is 11.2 Å². The third-order valence-corrected chi connectivity index (χ3v) is 9.89. The van der Waals surface area contributed by atoms with E-state index in [9.17, 15) is 4.39 Å². The molecule has 2 aliphatic rings. The van der Waals surface area contributed by atoms with Crippen LogP contribution in [0.3, 0.4) is 0 Å². The van der Waals surface area contributed by atoms with Gasteiger partial charge in [-0.15, -0.1) is 0 Å². The zero-order valence-electron chi connectivity index (χ0n) is 27.8. The number of aliphatic imine (C=N–C) groups is 1. The molecule has 1 saturated heterocycles. The molecule has 0 bridgehead atoms. The average molecular weight is 576 g/mol. The van der Waals surface area contributed by atoms with Gasteiger partial charge < -0.3 is 5.73 Å². The van der Waals surface area contributed by atoms with Gasteiger partial charge in [0, 0.05) is 48.9 Å². The molecule has 2 fully saturated rings. The SMILES string of the molecule is C=C(N)C(C)(CCC)CCCC(CC1(CC)CN(CC(/C=C/C)=C/C(=C(\CC)c2ccc(F)cc2C)C2CC2)C1)=NC. The van der Waals surface area contributed by atoms with E-state index in [1.54, 1.807) is 12.1 Å². The van der Waals surface area contributed by atoms with Crippen molar-refractivity contribution in [3.63, 3.8) is 0 Å². The van der Waals surface area contributed by atoms with Crippen molar-refractivity contribution in [3.8, 4) is 0 Å². The molecule has 1 unspecified atom stereocenters. The summed E-state index contributed by atoms with van der Waals surface area (Å²) in [5.41, 5.74) is 15.1. The molecule has 0 aromatic heterocycles. The van der Waals surface area contributed by atoms with Gasteiger partial charge in [0.15, 0.2) is 0 Å². The third kappa shape index (κ3) is 8.78. The Morgan fingerprint density at radius 2 is 1.93 bits per heavy atom.